The average Bonchev–Trinajstić information content (AvgIpc) is 2.96. The molecule has 1 saturated heterocycles. The van der Waals surface area contributed by atoms with E-state index in [0.29, 0.717) is 11.4 Å². The van der Waals surface area contributed by atoms with E-state index in [1.54, 1.807) is 0 Å². The van der Waals surface area contributed by atoms with E-state index in [1.165, 1.54) is 0 Å². The number of anilines is 1. The smallest absolute Gasteiger partial charge is 0.195 e. The number of hydrogen-bond donors (Lipinski definition) is 0. The van der Waals surface area contributed by atoms with Gasteiger partial charge in [0, 0.05) is 37.6 Å². The molecule has 1 aromatic heterocycles. The fourth-order valence-corrected chi connectivity index (χ4v) is 4.47. The van der Waals surface area contributed by atoms with Crippen molar-refractivity contribution >= 4 is 27.4 Å². The molecule has 0 aliphatic carbocycles. The molecule has 0 N–H and O–H groups in total. The summed E-state index contributed by atoms with van der Waals surface area (Å²) < 4.78 is 0. The van der Waals surface area contributed by atoms with E-state index >= 15 is 0 Å². The third-order valence-electron chi connectivity index (χ3n) is 6.38. The van der Waals surface area contributed by atoms with Gasteiger partial charge in [0.15, 0.2) is 5.43 Å². The molecule has 5 rings (SSSR count). The minimum atomic E-state index is 0.0444. The predicted octanol–water partition coefficient (Wildman–Crippen LogP) is 4.95. The number of pyridine rings is 1. The van der Waals surface area contributed by atoms with Gasteiger partial charge in [0.2, 0.25) is 0 Å². The third-order valence-corrected chi connectivity index (χ3v) is 6.38. The van der Waals surface area contributed by atoms with Crippen LogP contribution in [-0.2, 0) is 0 Å². The first-order valence-electron chi connectivity index (χ1n) is 11.0. The van der Waals surface area contributed by atoms with Crippen molar-refractivity contribution in [2.24, 2.45) is 0 Å². The number of piperazine rings is 1. The van der Waals surface area contributed by atoms with Gasteiger partial charge < -0.3 is 4.90 Å². The lowest BCUT2D eigenvalue weighted by Crippen LogP contribution is -2.48. The zero-order chi connectivity index (χ0) is 21.4. The summed E-state index contributed by atoms with van der Waals surface area (Å²) in [5.74, 6) is 0. The molecule has 1 aliphatic rings. The van der Waals surface area contributed by atoms with E-state index in [4.69, 9.17) is 0 Å². The summed E-state index contributed by atoms with van der Waals surface area (Å²) in [6, 6.07) is 22.9. The van der Waals surface area contributed by atoms with E-state index in [2.05, 4.69) is 46.8 Å². The van der Waals surface area contributed by atoms with Crippen molar-refractivity contribution in [1.82, 2.24) is 9.88 Å². The number of nitrogens with zero attached hydrogens (tertiary/aromatic N) is 3. The standard InChI is InChI=1S/C27H27N3O/c1-19(2)29-12-14-30(15-13-29)23-17-25-26(28-18-23)11-10-21-8-9-22(16-24(21)27(25)31)20-6-4-3-5-7-20/h3-11,16-19H,12-15H2,1-2H3. The Bertz CT molecular complexity index is 1290. The van der Waals surface area contributed by atoms with E-state index in [0.717, 1.165) is 59.3 Å². The molecular formula is C27H27N3O. The first-order chi connectivity index (χ1) is 15.1. The highest BCUT2D eigenvalue weighted by Crippen LogP contribution is 2.25. The molecule has 0 radical (unpaired) electrons. The Morgan fingerprint density at radius 3 is 2.29 bits per heavy atom. The van der Waals surface area contributed by atoms with Crippen molar-refractivity contribution in [3.05, 3.63) is 83.2 Å². The quantitative estimate of drug-likeness (QED) is 0.480. The highest BCUT2D eigenvalue weighted by molar-refractivity contribution is 5.94. The second kappa shape index (κ2) is 8.12. The number of rotatable bonds is 3. The molecule has 4 aromatic rings. The average molecular weight is 410 g/mol. The van der Waals surface area contributed by atoms with Crippen LogP contribution < -0.4 is 10.3 Å². The molecule has 2 heterocycles. The Labute approximate surface area is 182 Å². The summed E-state index contributed by atoms with van der Waals surface area (Å²) in [4.78, 5) is 23.1. The molecule has 0 saturated carbocycles. The lowest BCUT2D eigenvalue weighted by Gasteiger charge is -2.38. The second-order valence-electron chi connectivity index (χ2n) is 8.57. The Morgan fingerprint density at radius 2 is 1.55 bits per heavy atom. The van der Waals surface area contributed by atoms with Crippen LogP contribution in [0.5, 0.6) is 0 Å². The van der Waals surface area contributed by atoms with E-state index in [-0.39, 0.29) is 5.43 Å². The maximum absolute atomic E-state index is 13.6. The van der Waals surface area contributed by atoms with Crippen LogP contribution in [0.25, 0.3) is 32.8 Å². The van der Waals surface area contributed by atoms with E-state index in [1.807, 2.05) is 54.7 Å². The first-order valence-corrected chi connectivity index (χ1v) is 11.0. The molecule has 4 nitrogen and oxygen atoms in total. The van der Waals surface area contributed by atoms with Gasteiger partial charge in [0.25, 0.3) is 0 Å². The molecule has 0 amide bonds. The highest BCUT2D eigenvalue weighted by atomic mass is 16.1. The Balaban J connectivity index is 1.59. The molecule has 3 aromatic carbocycles. The topological polar surface area (TPSA) is 36.4 Å². The van der Waals surface area contributed by atoms with E-state index in [9.17, 15) is 4.79 Å². The van der Waals surface area contributed by atoms with E-state index < -0.39 is 0 Å². The molecule has 0 unspecified atom stereocenters. The summed E-state index contributed by atoms with van der Waals surface area (Å²) >= 11 is 0. The van der Waals surface area contributed by atoms with Gasteiger partial charge in [0.05, 0.1) is 22.8 Å². The van der Waals surface area contributed by atoms with Crippen LogP contribution >= 0.6 is 0 Å². The van der Waals surface area contributed by atoms with Crippen LogP contribution in [0.4, 0.5) is 5.69 Å². The highest BCUT2D eigenvalue weighted by Gasteiger charge is 2.19. The number of benzene rings is 2. The lowest BCUT2D eigenvalue weighted by atomic mass is 10.0. The van der Waals surface area contributed by atoms with Crippen LogP contribution in [-0.4, -0.2) is 42.1 Å². The Hall–Kier alpha value is -3.24. The monoisotopic (exact) mass is 409 g/mol. The normalized spacial score (nSPS) is 15.1. The van der Waals surface area contributed by atoms with Crippen molar-refractivity contribution in [3.63, 3.8) is 0 Å². The number of hydrogen-bond acceptors (Lipinski definition) is 4. The van der Waals surface area contributed by atoms with Crippen LogP contribution in [0.2, 0.25) is 0 Å². The van der Waals surface area contributed by atoms with Gasteiger partial charge in [-0.25, -0.2) is 0 Å². The van der Waals surface area contributed by atoms with Gasteiger partial charge in [-0.05, 0) is 48.6 Å². The van der Waals surface area contributed by atoms with Gasteiger partial charge in [-0.1, -0.05) is 48.5 Å². The Kier molecular flexibility index (Phi) is 5.16. The molecule has 1 aliphatic heterocycles. The van der Waals surface area contributed by atoms with Crippen molar-refractivity contribution < 1.29 is 0 Å². The van der Waals surface area contributed by atoms with Crippen molar-refractivity contribution in [3.8, 4) is 11.1 Å². The van der Waals surface area contributed by atoms with Gasteiger partial charge in [-0.3, -0.25) is 14.7 Å². The van der Waals surface area contributed by atoms with Crippen molar-refractivity contribution in [1.29, 1.82) is 0 Å². The predicted molar refractivity (Wildman–Crippen MR) is 130 cm³/mol. The van der Waals surface area contributed by atoms with Gasteiger partial charge in [-0.15, -0.1) is 0 Å². The maximum Gasteiger partial charge on any atom is 0.195 e. The number of fused-ring (bicyclic) bond motifs is 2. The Morgan fingerprint density at radius 1 is 0.806 bits per heavy atom. The van der Waals surface area contributed by atoms with Gasteiger partial charge >= 0.3 is 0 Å². The van der Waals surface area contributed by atoms with Crippen LogP contribution in [0, 0.1) is 0 Å². The summed E-state index contributed by atoms with van der Waals surface area (Å²) in [7, 11) is 0. The minimum absolute atomic E-state index is 0.0444. The zero-order valence-electron chi connectivity index (χ0n) is 18.1. The zero-order valence-corrected chi connectivity index (χ0v) is 18.1. The molecule has 1 fully saturated rings. The molecule has 0 bridgehead atoms. The molecule has 4 heteroatoms. The largest absolute Gasteiger partial charge is 0.368 e. The molecule has 156 valence electrons. The first kappa shape index (κ1) is 19.7. The summed E-state index contributed by atoms with van der Waals surface area (Å²) in [5.41, 5.74) is 3.99. The van der Waals surface area contributed by atoms with Crippen molar-refractivity contribution in [2.45, 2.75) is 19.9 Å². The van der Waals surface area contributed by atoms with Gasteiger partial charge in [0.1, 0.15) is 0 Å². The van der Waals surface area contributed by atoms with Crippen LogP contribution in [0.1, 0.15) is 13.8 Å². The summed E-state index contributed by atoms with van der Waals surface area (Å²) in [6.07, 6.45) is 1.91. The second-order valence-corrected chi connectivity index (χ2v) is 8.57. The molecular weight excluding hydrogens is 382 g/mol. The molecule has 0 atom stereocenters. The fourth-order valence-electron chi connectivity index (χ4n) is 4.47. The van der Waals surface area contributed by atoms with Gasteiger partial charge in [-0.2, -0.15) is 0 Å². The SMILES string of the molecule is CC(C)N1CCN(c2cnc3ccc4ccc(-c5ccccc5)cc4c(=O)c3c2)CC1. The third kappa shape index (κ3) is 3.79. The molecule has 31 heavy (non-hydrogen) atoms. The lowest BCUT2D eigenvalue weighted by molar-refractivity contribution is 0.209. The maximum atomic E-state index is 13.6. The number of aromatic nitrogens is 1. The van der Waals surface area contributed by atoms with Crippen LogP contribution in [0.15, 0.2) is 77.7 Å². The molecule has 0 spiro atoms. The summed E-state index contributed by atoms with van der Waals surface area (Å²) in [5, 5.41) is 2.36. The minimum Gasteiger partial charge on any atom is -0.368 e. The summed E-state index contributed by atoms with van der Waals surface area (Å²) in [6.45, 7) is 8.46. The fraction of sp³-hybridized carbons (Fsp3) is 0.259. The van der Waals surface area contributed by atoms with Crippen molar-refractivity contribution in [2.75, 3.05) is 31.1 Å². The van der Waals surface area contributed by atoms with Crippen LogP contribution in [0.3, 0.4) is 0 Å².